The van der Waals surface area contributed by atoms with Gasteiger partial charge in [-0.05, 0) is 51.8 Å². The number of aryl methyl sites for hydroxylation is 4. The molecule has 0 spiro atoms. The second-order valence-corrected chi connectivity index (χ2v) is 7.30. The Kier molecular flexibility index (Phi) is 4.71. The van der Waals surface area contributed by atoms with E-state index < -0.39 is 0 Å². The monoisotopic (exact) mass is 342 g/mol. The molecule has 0 saturated heterocycles. The van der Waals surface area contributed by atoms with E-state index in [1.807, 2.05) is 45.0 Å². The molecular weight excluding hydrogens is 320 g/mol. The van der Waals surface area contributed by atoms with Gasteiger partial charge in [-0.25, -0.2) is 4.98 Å². The lowest BCUT2D eigenvalue weighted by atomic mass is 10.2. The van der Waals surface area contributed by atoms with Gasteiger partial charge in [0.2, 0.25) is 0 Å². The van der Waals surface area contributed by atoms with Gasteiger partial charge in [0.25, 0.3) is 5.56 Å². The molecule has 0 saturated carbocycles. The van der Waals surface area contributed by atoms with Crippen molar-refractivity contribution in [3.63, 3.8) is 0 Å². The Hall–Kier alpha value is -2.14. The number of benzene rings is 1. The normalized spacial score (nSPS) is 11.2. The maximum atomic E-state index is 12.8. The fraction of sp³-hybridized carbons (Fsp3) is 0.368. The molecule has 1 aromatic carbocycles. The molecule has 0 N–H and O–H groups in total. The van der Waals surface area contributed by atoms with Crippen molar-refractivity contribution < 1.29 is 4.74 Å². The molecule has 0 unspecified atom stereocenters. The molecule has 0 aliphatic carbocycles. The fourth-order valence-electron chi connectivity index (χ4n) is 2.74. The average molecular weight is 342 g/mol. The number of fused-ring (bicyclic) bond motifs is 1. The molecule has 5 heteroatoms. The quantitative estimate of drug-likeness (QED) is 0.654. The molecule has 0 aliphatic rings. The Bertz CT molecular complexity index is 923. The molecule has 2 heterocycles. The molecule has 0 amide bonds. The van der Waals surface area contributed by atoms with Gasteiger partial charge in [-0.1, -0.05) is 17.7 Å². The minimum absolute atomic E-state index is 0.0645. The van der Waals surface area contributed by atoms with Crippen LogP contribution in [0.15, 0.2) is 29.1 Å². The number of aromatic nitrogens is 2. The first-order chi connectivity index (χ1) is 11.5. The molecule has 24 heavy (non-hydrogen) atoms. The zero-order valence-electron chi connectivity index (χ0n) is 14.5. The maximum Gasteiger partial charge on any atom is 0.262 e. The average Bonchev–Trinajstić information content (AvgIpc) is 2.82. The van der Waals surface area contributed by atoms with Crippen molar-refractivity contribution in [2.24, 2.45) is 0 Å². The van der Waals surface area contributed by atoms with Gasteiger partial charge in [0.05, 0.1) is 12.0 Å². The van der Waals surface area contributed by atoms with Gasteiger partial charge in [-0.2, -0.15) is 0 Å². The van der Waals surface area contributed by atoms with Crippen molar-refractivity contribution in [2.45, 2.75) is 40.7 Å². The predicted molar refractivity (Wildman–Crippen MR) is 99.4 cm³/mol. The van der Waals surface area contributed by atoms with Crippen LogP contribution in [0, 0.1) is 27.7 Å². The van der Waals surface area contributed by atoms with E-state index in [4.69, 9.17) is 4.74 Å². The van der Waals surface area contributed by atoms with Crippen LogP contribution in [0.4, 0.5) is 0 Å². The zero-order valence-corrected chi connectivity index (χ0v) is 15.4. The van der Waals surface area contributed by atoms with Crippen LogP contribution in [0.3, 0.4) is 0 Å². The summed E-state index contributed by atoms with van der Waals surface area (Å²) in [5, 5.41) is 0.766. The Labute approximate surface area is 145 Å². The molecule has 126 valence electrons. The summed E-state index contributed by atoms with van der Waals surface area (Å²) in [5.74, 6) is 1.63. The molecule has 0 aliphatic heterocycles. The summed E-state index contributed by atoms with van der Waals surface area (Å²) < 4.78 is 7.51. The number of ether oxygens (including phenoxy) is 1. The van der Waals surface area contributed by atoms with Gasteiger partial charge in [0, 0.05) is 11.4 Å². The number of hydrogen-bond donors (Lipinski definition) is 0. The van der Waals surface area contributed by atoms with E-state index >= 15 is 0 Å². The minimum Gasteiger partial charge on any atom is -0.494 e. The van der Waals surface area contributed by atoms with Crippen LogP contribution in [0.2, 0.25) is 0 Å². The van der Waals surface area contributed by atoms with Crippen molar-refractivity contribution in [3.05, 3.63) is 56.4 Å². The number of thiophene rings is 1. The summed E-state index contributed by atoms with van der Waals surface area (Å²) in [6.07, 6.45) is 0.768. The Balaban J connectivity index is 1.72. The Morgan fingerprint density at radius 2 is 1.83 bits per heavy atom. The van der Waals surface area contributed by atoms with Gasteiger partial charge in [0.15, 0.2) is 0 Å². The molecule has 4 nitrogen and oxygen atoms in total. The van der Waals surface area contributed by atoms with Gasteiger partial charge >= 0.3 is 0 Å². The van der Waals surface area contributed by atoms with Crippen molar-refractivity contribution >= 4 is 21.6 Å². The molecule has 3 aromatic rings. The molecule has 2 aromatic heterocycles. The molecule has 0 atom stereocenters. The predicted octanol–water partition coefficient (Wildman–Crippen LogP) is 4.16. The van der Waals surface area contributed by atoms with E-state index in [-0.39, 0.29) is 5.56 Å². The van der Waals surface area contributed by atoms with Crippen LogP contribution in [-0.4, -0.2) is 16.2 Å². The lowest BCUT2D eigenvalue weighted by molar-refractivity contribution is 0.300. The Morgan fingerprint density at radius 3 is 2.54 bits per heavy atom. The van der Waals surface area contributed by atoms with Crippen molar-refractivity contribution in [2.75, 3.05) is 6.61 Å². The largest absolute Gasteiger partial charge is 0.494 e. The van der Waals surface area contributed by atoms with Crippen LogP contribution in [0.5, 0.6) is 5.75 Å². The number of hydrogen-bond acceptors (Lipinski definition) is 4. The third kappa shape index (κ3) is 3.22. The lowest BCUT2D eigenvalue weighted by Crippen LogP contribution is -2.24. The van der Waals surface area contributed by atoms with Gasteiger partial charge in [-0.15, -0.1) is 11.3 Å². The van der Waals surface area contributed by atoms with E-state index in [1.54, 1.807) is 15.9 Å². The van der Waals surface area contributed by atoms with Gasteiger partial charge in [-0.3, -0.25) is 9.36 Å². The summed E-state index contributed by atoms with van der Waals surface area (Å²) in [7, 11) is 0. The van der Waals surface area contributed by atoms with Crippen LogP contribution < -0.4 is 10.3 Å². The van der Waals surface area contributed by atoms with Crippen molar-refractivity contribution in [1.82, 2.24) is 9.55 Å². The fourth-order valence-corrected chi connectivity index (χ4v) is 3.80. The second kappa shape index (κ2) is 6.77. The van der Waals surface area contributed by atoms with Gasteiger partial charge in [0.1, 0.15) is 16.4 Å². The molecule has 3 rings (SSSR count). The smallest absolute Gasteiger partial charge is 0.262 e. The van der Waals surface area contributed by atoms with Gasteiger partial charge < -0.3 is 4.74 Å². The molecule has 0 radical (unpaired) electrons. The highest BCUT2D eigenvalue weighted by molar-refractivity contribution is 7.18. The van der Waals surface area contributed by atoms with Crippen molar-refractivity contribution in [1.29, 1.82) is 0 Å². The van der Waals surface area contributed by atoms with E-state index in [9.17, 15) is 4.79 Å². The first-order valence-corrected chi connectivity index (χ1v) is 8.95. The number of rotatable bonds is 5. The minimum atomic E-state index is 0.0645. The first kappa shape index (κ1) is 16.7. The lowest BCUT2D eigenvalue weighted by Gasteiger charge is -2.10. The highest BCUT2D eigenvalue weighted by Gasteiger charge is 2.14. The second-order valence-electron chi connectivity index (χ2n) is 6.09. The molecule has 0 bridgehead atoms. The molecular formula is C19H22N2O2S. The third-order valence-corrected chi connectivity index (χ3v) is 5.40. The first-order valence-electron chi connectivity index (χ1n) is 8.14. The Morgan fingerprint density at radius 1 is 1.12 bits per heavy atom. The standard InChI is InChI=1S/C19H22N2O2S/c1-12-6-8-16(9-7-12)23-11-5-10-21-15(4)20-18-17(19(21)22)13(2)14(3)24-18/h6-9H,5,10-11H2,1-4H3. The summed E-state index contributed by atoms with van der Waals surface area (Å²) >= 11 is 1.59. The van der Waals surface area contributed by atoms with Crippen molar-refractivity contribution in [3.8, 4) is 5.75 Å². The van der Waals surface area contributed by atoms with E-state index in [1.165, 1.54) is 5.56 Å². The maximum absolute atomic E-state index is 12.8. The number of nitrogens with zero attached hydrogens (tertiary/aromatic N) is 2. The van der Waals surface area contributed by atoms with E-state index in [0.29, 0.717) is 13.2 Å². The summed E-state index contributed by atoms with van der Waals surface area (Å²) in [5.41, 5.74) is 2.33. The van der Waals surface area contributed by atoms with Crippen LogP contribution >= 0.6 is 11.3 Å². The van der Waals surface area contributed by atoms with E-state index in [2.05, 4.69) is 11.9 Å². The SMILES string of the molecule is Cc1ccc(OCCCn2c(C)nc3sc(C)c(C)c3c2=O)cc1. The third-order valence-electron chi connectivity index (χ3n) is 4.30. The zero-order chi connectivity index (χ0) is 17.3. The highest BCUT2D eigenvalue weighted by atomic mass is 32.1. The molecule has 0 fully saturated rings. The summed E-state index contributed by atoms with van der Waals surface area (Å²) in [6, 6.07) is 8.00. The summed E-state index contributed by atoms with van der Waals surface area (Å²) in [4.78, 5) is 19.4. The summed E-state index contributed by atoms with van der Waals surface area (Å²) in [6.45, 7) is 9.18. The van der Waals surface area contributed by atoms with Crippen LogP contribution in [-0.2, 0) is 6.54 Å². The highest BCUT2D eigenvalue weighted by Crippen LogP contribution is 2.26. The topological polar surface area (TPSA) is 44.1 Å². The van der Waals surface area contributed by atoms with E-state index in [0.717, 1.165) is 38.7 Å². The van der Waals surface area contributed by atoms with Crippen LogP contribution in [0.25, 0.3) is 10.2 Å². The van der Waals surface area contributed by atoms with Crippen LogP contribution in [0.1, 0.15) is 28.2 Å².